The molecule has 0 saturated carbocycles. The van der Waals surface area contributed by atoms with Gasteiger partial charge in [0.1, 0.15) is 22.3 Å². The fourth-order valence-electron chi connectivity index (χ4n) is 18.6. The second-order valence-electron chi connectivity index (χ2n) is 31.9. The lowest BCUT2D eigenvalue weighted by Crippen LogP contribution is -2.00. The van der Waals surface area contributed by atoms with Crippen molar-refractivity contribution < 1.29 is 8.83 Å². The van der Waals surface area contributed by atoms with Gasteiger partial charge in [-0.3, -0.25) is 0 Å². The van der Waals surface area contributed by atoms with Crippen LogP contribution in [-0.2, 0) is 0 Å². The summed E-state index contributed by atoms with van der Waals surface area (Å²) < 4.78 is 19.6. The number of thiophene rings is 2. The zero-order valence-corrected chi connectivity index (χ0v) is 68.6. The number of furan rings is 2. The molecule has 11 heteroatoms. The summed E-state index contributed by atoms with van der Waals surface area (Å²) in [4.78, 5) is 30.5. The first kappa shape index (κ1) is 71.7. The molecule has 0 aliphatic heterocycles. The largest absolute Gasteiger partial charge is 0.456 e. The fourth-order valence-corrected chi connectivity index (χ4v) is 20.8. The first-order valence-electron chi connectivity index (χ1n) is 41.9. The van der Waals surface area contributed by atoms with Crippen LogP contribution < -0.4 is 0 Å². The van der Waals surface area contributed by atoms with E-state index in [0.29, 0.717) is 34.9 Å². The van der Waals surface area contributed by atoms with Crippen LogP contribution in [0.4, 0.5) is 0 Å². The van der Waals surface area contributed by atoms with Crippen molar-refractivity contribution in [2.45, 2.75) is 0 Å². The SMILES string of the molecule is c1ccc(-c2nc(-c3ccc4c(c3)sc3ccc(-c5ccc6c(c5)c5ccccc5n6-c5ccccc5)cc34)nc(-c3cccc4oc5ccccc5c34)n2)cc1.c1ccc(-c2nc(-c3ccc4c(c3)sc3ccc(-c5cccc(-c6cccc(-c7ccc8c9ccccc9c9ccccc9c8c7)c6)c5)cc34)nc(-c3ccc4oc5ccccc5c4c3)n2)cc1. The maximum absolute atomic E-state index is 6.24. The molecule has 0 radical (unpaired) electrons. The van der Waals surface area contributed by atoms with Crippen molar-refractivity contribution in [2.75, 3.05) is 0 Å². The minimum Gasteiger partial charge on any atom is -0.456 e. The van der Waals surface area contributed by atoms with E-state index in [2.05, 4.69) is 290 Å². The van der Waals surface area contributed by atoms with Crippen LogP contribution in [0.5, 0.6) is 0 Å². The third kappa shape index (κ3) is 12.4. The molecule has 0 saturated heterocycles. The molecule has 0 aliphatic rings. The van der Waals surface area contributed by atoms with Crippen molar-refractivity contribution in [3.05, 3.63) is 406 Å². The standard InChI is InChI=1S/C63H37N3OS.C51H30N4OS/c1-2-12-38(13-3-1)61-64-62(45-26-30-58-55(36-45)52-22-8-9-23-57(52)67-58)66-63(65-61)46-25-29-53-56-35-44(27-31-59(56)68-60(53)37-46)42-17-11-15-40(33-42)39-14-10-16-41(32-39)43-24-28-51-49-20-5-4-18-47(49)48-19-6-7-21-50(48)54(51)34-43;1-3-12-31(13-4-1)49-52-50(54-51(53-49)39-18-11-21-45-48(39)38-17-8-10-20-44(38)56-45)34-22-25-37-41-29-33(24-27-46(41)57-47(37)30-34)32-23-26-43-40(28-32)36-16-7-9-19-42(36)55(43)35-14-5-2-6-15-35/h1-37H;1-30H. The number of aromatic nitrogens is 7. The molecular formula is C114H67N7O2S2. The van der Waals surface area contributed by atoms with Crippen molar-refractivity contribution in [3.63, 3.8) is 0 Å². The number of para-hydroxylation sites is 4. The molecule has 0 aliphatic carbocycles. The summed E-state index contributed by atoms with van der Waals surface area (Å²) in [5.41, 5.74) is 22.0. The molecule has 7 heterocycles. The normalized spacial score (nSPS) is 11.8. The Labute approximate surface area is 724 Å². The number of nitrogens with zero attached hydrogens (tertiary/aromatic N) is 7. The molecule has 0 unspecified atom stereocenters. The topological polar surface area (TPSA) is 109 Å². The zero-order valence-electron chi connectivity index (χ0n) is 66.9. The minimum atomic E-state index is 0.612. The molecule has 26 rings (SSSR count). The summed E-state index contributed by atoms with van der Waals surface area (Å²) in [6, 6.07) is 144. The highest BCUT2D eigenvalue weighted by molar-refractivity contribution is 7.26. The Bertz CT molecular complexity index is 8860. The smallest absolute Gasteiger partial charge is 0.164 e. The van der Waals surface area contributed by atoms with E-state index in [0.717, 1.165) is 82.9 Å². The molecule has 0 atom stereocenters. The number of rotatable bonds is 11. The molecule has 582 valence electrons. The van der Waals surface area contributed by atoms with Crippen molar-refractivity contribution >= 4 is 161 Å². The third-order valence-corrected chi connectivity index (χ3v) is 26.8. The monoisotopic (exact) mass is 1630 g/mol. The van der Waals surface area contributed by atoms with Gasteiger partial charge in [0, 0.05) is 112 Å². The van der Waals surface area contributed by atoms with Crippen molar-refractivity contribution in [1.82, 2.24) is 34.5 Å². The number of fused-ring (bicyclic) bond motifs is 21. The summed E-state index contributed by atoms with van der Waals surface area (Å²) in [6.07, 6.45) is 0. The van der Waals surface area contributed by atoms with Gasteiger partial charge in [-0.1, -0.05) is 285 Å². The first-order chi connectivity index (χ1) is 61.9. The van der Waals surface area contributed by atoms with Gasteiger partial charge in [0.2, 0.25) is 0 Å². The number of hydrogen-bond acceptors (Lipinski definition) is 10. The van der Waals surface area contributed by atoms with Gasteiger partial charge in [-0.05, 0) is 198 Å². The second kappa shape index (κ2) is 29.3. The Balaban J connectivity index is 0.000000139. The highest BCUT2D eigenvalue weighted by Gasteiger charge is 2.23. The molecule has 19 aromatic carbocycles. The van der Waals surface area contributed by atoms with Gasteiger partial charge in [0.05, 0.1) is 11.0 Å². The van der Waals surface area contributed by atoms with E-state index < -0.39 is 0 Å². The summed E-state index contributed by atoms with van der Waals surface area (Å²) in [6.45, 7) is 0. The lowest BCUT2D eigenvalue weighted by molar-refractivity contribution is 0.668. The zero-order chi connectivity index (χ0) is 82.2. The lowest BCUT2D eigenvalue weighted by Gasteiger charge is -2.13. The van der Waals surface area contributed by atoms with Crippen molar-refractivity contribution in [3.8, 4) is 119 Å². The first-order valence-corrected chi connectivity index (χ1v) is 43.5. The van der Waals surface area contributed by atoms with Crippen LogP contribution in [0.1, 0.15) is 0 Å². The molecule has 9 nitrogen and oxygen atoms in total. The van der Waals surface area contributed by atoms with E-state index >= 15 is 0 Å². The lowest BCUT2D eigenvalue weighted by atomic mass is 9.91. The van der Waals surface area contributed by atoms with E-state index in [-0.39, 0.29) is 0 Å². The van der Waals surface area contributed by atoms with Gasteiger partial charge in [-0.25, -0.2) is 29.9 Å². The molecular weight excluding hydrogens is 1560 g/mol. The number of hydrogen-bond donors (Lipinski definition) is 0. The average molecular weight is 1630 g/mol. The van der Waals surface area contributed by atoms with E-state index in [1.54, 1.807) is 22.7 Å². The van der Waals surface area contributed by atoms with Gasteiger partial charge in [0.25, 0.3) is 0 Å². The second-order valence-corrected chi connectivity index (χ2v) is 34.1. The molecule has 7 aromatic heterocycles. The Morgan fingerprint density at radius 1 is 0.176 bits per heavy atom. The quantitative estimate of drug-likeness (QED) is 0.118. The minimum absolute atomic E-state index is 0.612. The highest BCUT2D eigenvalue weighted by atomic mass is 32.1. The van der Waals surface area contributed by atoms with Crippen LogP contribution in [0.3, 0.4) is 0 Å². The number of benzene rings is 19. The molecule has 0 amide bonds. The van der Waals surface area contributed by atoms with Crippen LogP contribution in [0, 0.1) is 0 Å². The maximum atomic E-state index is 6.24. The molecule has 125 heavy (non-hydrogen) atoms. The predicted octanol–water partition coefficient (Wildman–Crippen LogP) is 31.5. The van der Waals surface area contributed by atoms with Crippen LogP contribution in [-0.4, -0.2) is 34.5 Å². The van der Waals surface area contributed by atoms with E-state index in [1.807, 2.05) is 121 Å². The summed E-state index contributed by atoms with van der Waals surface area (Å²) in [7, 11) is 0. The molecule has 0 fully saturated rings. The van der Waals surface area contributed by atoms with Crippen LogP contribution in [0.2, 0.25) is 0 Å². The molecule has 0 N–H and O–H groups in total. The molecule has 0 bridgehead atoms. The predicted molar refractivity (Wildman–Crippen MR) is 521 cm³/mol. The molecule has 0 spiro atoms. The third-order valence-electron chi connectivity index (χ3n) is 24.6. The highest BCUT2D eigenvalue weighted by Crippen LogP contribution is 2.46. The summed E-state index contributed by atoms with van der Waals surface area (Å²) in [5, 5.41) is 19.3. The van der Waals surface area contributed by atoms with Crippen LogP contribution >= 0.6 is 22.7 Å². The Morgan fingerprint density at radius 2 is 0.520 bits per heavy atom. The van der Waals surface area contributed by atoms with Gasteiger partial charge in [-0.15, -0.1) is 22.7 Å². The van der Waals surface area contributed by atoms with Crippen LogP contribution in [0.15, 0.2) is 415 Å². The Hall–Kier alpha value is -16.2. The average Bonchev–Trinajstić information content (AvgIpc) is 1.53. The van der Waals surface area contributed by atoms with Gasteiger partial charge >= 0.3 is 0 Å². The van der Waals surface area contributed by atoms with Gasteiger partial charge in [-0.2, -0.15) is 0 Å². The van der Waals surface area contributed by atoms with Crippen LogP contribution in [0.25, 0.3) is 257 Å². The summed E-state index contributed by atoms with van der Waals surface area (Å²) >= 11 is 3.60. The van der Waals surface area contributed by atoms with Crippen molar-refractivity contribution in [1.29, 1.82) is 0 Å². The Kier molecular flexibility index (Phi) is 16.8. The van der Waals surface area contributed by atoms with Crippen molar-refractivity contribution in [2.24, 2.45) is 0 Å². The Morgan fingerprint density at radius 3 is 1.09 bits per heavy atom. The van der Waals surface area contributed by atoms with E-state index in [9.17, 15) is 0 Å². The van der Waals surface area contributed by atoms with E-state index in [4.69, 9.17) is 38.7 Å². The summed E-state index contributed by atoms with van der Waals surface area (Å²) in [5.74, 6) is 3.76. The fraction of sp³-hybridized carbons (Fsp3) is 0. The maximum Gasteiger partial charge on any atom is 0.164 e. The van der Waals surface area contributed by atoms with E-state index in [1.165, 1.54) is 139 Å². The van der Waals surface area contributed by atoms with Gasteiger partial charge < -0.3 is 13.4 Å². The van der Waals surface area contributed by atoms with Gasteiger partial charge in [0.15, 0.2) is 34.9 Å². The molecule has 26 aromatic rings.